The largest absolute Gasteiger partial charge is 0.478 e. The molecule has 0 saturated heterocycles. The molecular weight excluding hydrogens is 252 g/mol. The Kier molecular flexibility index (Phi) is 3.58. The normalized spacial score (nSPS) is 10.8. The first kappa shape index (κ1) is 12.6. The molecule has 0 aromatic carbocycles. The Morgan fingerprint density at radius 2 is 2.05 bits per heavy atom. The molecule has 102 valence electrons. The van der Waals surface area contributed by atoms with Crippen molar-refractivity contribution in [1.82, 2.24) is 19.9 Å². The summed E-state index contributed by atoms with van der Waals surface area (Å²) in [5, 5.41) is 0. The number of hydrogen-bond acceptors (Lipinski definition) is 4. The van der Waals surface area contributed by atoms with Gasteiger partial charge in [-0.05, 0) is 31.5 Å². The van der Waals surface area contributed by atoms with Crippen LogP contribution in [0.3, 0.4) is 0 Å². The standard InChI is InChI=1S/C15H16N4O/c1-2-20-14-9-7-12-15(19-14)18-13(17-12)8-6-11-5-3-4-10-16-11/h3-5,7,9-10H,2,6,8H2,1H3,(H,17,18,19). The minimum absolute atomic E-state index is 0.607. The second-order valence-corrected chi connectivity index (χ2v) is 4.46. The van der Waals surface area contributed by atoms with Gasteiger partial charge in [-0.15, -0.1) is 0 Å². The lowest BCUT2D eigenvalue weighted by Gasteiger charge is -1.99. The molecule has 5 nitrogen and oxygen atoms in total. The van der Waals surface area contributed by atoms with Crippen LogP contribution in [-0.4, -0.2) is 26.5 Å². The van der Waals surface area contributed by atoms with Crippen molar-refractivity contribution in [2.24, 2.45) is 0 Å². The van der Waals surface area contributed by atoms with E-state index in [1.807, 2.05) is 43.5 Å². The molecule has 0 bridgehead atoms. The molecule has 1 N–H and O–H groups in total. The van der Waals surface area contributed by atoms with E-state index >= 15 is 0 Å². The fourth-order valence-electron chi connectivity index (χ4n) is 2.06. The lowest BCUT2D eigenvalue weighted by atomic mass is 10.2. The van der Waals surface area contributed by atoms with Crippen molar-refractivity contribution in [3.8, 4) is 5.88 Å². The highest BCUT2D eigenvalue weighted by Crippen LogP contribution is 2.15. The van der Waals surface area contributed by atoms with Crippen molar-refractivity contribution in [3.05, 3.63) is 48.0 Å². The zero-order valence-corrected chi connectivity index (χ0v) is 11.3. The van der Waals surface area contributed by atoms with E-state index < -0.39 is 0 Å². The number of rotatable bonds is 5. The predicted molar refractivity (Wildman–Crippen MR) is 76.7 cm³/mol. The Morgan fingerprint density at radius 3 is 2.85 bits per heavy atom. The van der Waals surface area contributed by atoms with E-state index in [9.17, 15) is 0 Å². The smallest absolute Gasteiger partial charge is 0.215 e. The highest BCUT2D eigenvalue weighted by atomic mass is 16.5. The summed E-state index contributed by atoms with van der Waals surface area (Å²) in [4.78, 5) is 16.4. The Hall–Kier alpha value is -2.43. The molecule has 3 rings (SSSR count). The summed E-state index contributed by atoms with van der Waals surface area (Å²) in [5.74, 6) is 1.54. The number of H-pyrrole nitrogens is 1. The number of hydrogen-bond donors (Lipinski definition) is 1. The molecule has 0 aliphatic rings. The van der Waals surface area contributed by atoms with Crippen molar-refractivity contribution >= 4 is 11.2 Å². The average molecular weight is 268 g/mol. The molecule has 0 saturated carbocycles. The van der Waals surface area contributed by atoms with Crippen molar-refractivity contribution in [1.29, 1.82) is 0 Å². The third-order valence-corrected chi connectivity index (χ3v) is 3.01. The lowest BCUT2D eigenvalue weighted by Crippen LogP contribution is -1.95. The summed E-state index contributed by atoms with van der Waals surface area (Å²) in [5.41, 5.74) is 2.70. The highest BCUT2D eigenvalue weighted by molar-refractivity contribution is 5.71. The molecule has 20 heavy (non-hydrogen) atoms. The zero-order valence-electron chi connectivity index (χ0n) is 11.3. The van der Waals surface area contributed by atoms with Crippen molar-refractivity contribution < 1.29 is 4.74 Å². The van der Waals surface area contributed by atoms with Gasteiger partial charge in [0.1, 0.15) is 5.82 Å². The fraction of sp³-hybridized carbons (Fsp3) is 0.267. The van der Waals surface area contributed by atoms with Gasteiger partial charge >= 0.3 is 0 Å². The number of ether oxygens (including phenoxy) is 1. The Morgan fingerprint density at radius 1 is 1.10 bits per heavy atom. The monoisotopic (exact) mass is 268 g/mol. The summed E-state index contributed by atoms with van der Waals surface area (Å²) in [7, 11) is 0. The molecule has 5 heteroatoms. The topological polar surface area (TPSA) is 63.7 Å². The maximum atomic E-state index is 5.38. The molecule has 3 aromatic rings. The lowest BCUT2D eigenvalue weighted by molar-refractivity contribution is 0.328. The van der Waals surface area contributed by atoms with Crippen LogP contribution in [0, 0.1) is 0 Å². The maximum Gasteiger partial charge on any atom is 0.215 e. The molecule has 0 aliphatic heterocycles. The van der Waals surface area contributed by atoms with E-state index in [4.69, 9.17) is 4.74 Å². The quantitative estimate of drug-likeness (QED) is 0.772. The summed E-state index contributed by atoms with van der Waals surface area (Å²) < 4.78 is 5.38. The van der Waals surface area contributed by atoms with E-state index in [-0.39, 0.29) is 0 Å². The number of aromatic nitrogens is 4. The van der Waals surface area contributed by atoms with Crippen LogP contribution in [0.2, 0.25) is 0 Å². The molecular formula is C15H16N4O. The van der Waals surface area contributed by atoms with Crippen LogP contribution in [0.4, 0.5) is 0 Å². The first-order valence-electron chi connectivity index (χ1n) is 6.73. The number of nitrogens with zero attached hydrogens (tertiary/aromatic N) is 3. The highest BCUT2D eigenvalue weighted by Gasteiger charge is 2.06. The number of aryl methyl sites for hydroxylation is 2. The van der Waals surface area contributed by atoms with E-state index in [1.165, 1.54) is 0 Å². The Balaban J connectivity index is 1.75. The average Bonchev–Trinajstić information content (AvgIpc) is 2.89. The van der Waals surface area contributed by atoms with Gasteiger partial charge in [-0.3, -0.25) is 4.98 Å². The number of aromatic amines is 1. The third-order valence-electron chi connectivity index (χ3n) is 3.01. The van der Waals surface area contributed by atoms with Gasteiger partial charge in [-0.25, -0.2) is 4.98 Å². The van der Waals surface area contributed by atoms with Gasteiger partial charge < -0.3 is 9.72 Å². The van der Waals surface area contributed by atoms with Crippen molar-refractivity contribution in [3.63, 3.8) is 0 Å². The van der Waals surface area contributed by atoms with Crippen LogP contribution in [0.1, 0.15) is 18.4 Å². The van der Waals surface area contributed by atoms with Gasteiger partial charge in [0.25, 0.3) is 0 Å². The number of nitrogens with one attached hydrogen (secondary N) is 1. The van der Waals surface area contributed by atoms with E-state index in [1.54, 1.807) is 0 Å². The molecule has 0 radical (unpaired) electrons. The molecule has 0 atom stereocenters. The molecule has 0 spiro atoms. The number of imidazole rings is 1. The van der Waals surface area contributed by atoms with Crippen LogP contribution in [-0.2, 0) is 12.8 Å². The summed E-state index contributed by atoms with van der Waals surface area (Å²) >= 11 is 0. The molecule has 0 amide bonds. The molecule has 0 fully saturated rings. The summed E-state index contributed by atoms with van der Waals surface area (Å²) in [6.45, 7) is 2.55. The van der Waals surface area contributed by atoms with Crippen molar-refractivity contribution in [2.45, 2.75) is 19.8 Å². The van der Waals surface area contributed by atoms with Gasteiger partial charge in [0, 0.05) is 24.4 Å². The first-order valence-corrected chi connectivity index (χ1v) is 6.73. The third kappa shape index (κ3) is 2.77. The predicted octanol–water partition coefficient (Wildman–Crippen LogP) is 2.54. The second kappa shape index (κ2) is 5.69. The van der Waals surface area contributed by atoms with Gasteiger partial charge in [0.05, 0.1) is 12.1 Å². The van der Waals surface area contributed by atoms with Crippen LogP contribution < -0.4 is 4.74 Å². The van der Waals surface area contributed by atoms with Gasteiger partial charge in [0.15, 0.2) is 5.65 Å². The second-order valence-electron chi connectivity index (χ2n) is 4.46. The van der Waals surface area contributed by atoms with E-state index in [2.05, 4.69) is 19.9 Å². The van der Waals surface area contributed by atoms with Gasteiger partial charge in [-0.2, -0.15) is 4.98 Å². The molecule has 0 aliphatic carbocycles. The van der Waals surface area contributed by atoms with E-state index in [0.29, 0.717) is 18.1 Å². The van der Waals surface area contributed by atoms with E-state index in [0.717, 1.165) is 29.9 Å². The van der Waals surface area contributed by atoms with Gasteiger partial charge in [0.2, 0.25) is 5.88 Å². The minimum atomic E-state index is 0.607. The van der Waals surface area contributed by atoms with Crippen LogP contribution >= 0.6 is 0 Å². The number of fused-ring (bicyclic) bond motifs is 1. The van der Waals surface area contributed by atoms with Crippen LogP contribution in [0.15, 0.2) is 36.5 Å². The molecule has 3 heterocycles. The maximum absolute atomic E-state index is 5.38. The summed E-state index contributed by atoms with van der Waals surface area (Å²) in [6.07, 6.45) is 3.49. The SMILES string of the molecule is CCOc1ccc2[nH]c(CCc3ccccn3)nc2n1. The minimum Gasteiger partial charge on any atom is -0.478 e. The van der Waals surface area contributed by atoms with Gasteiger partial charge in [-0.1, -0.05) is 6.07 Å². The molecule has 3 aromatic heterocycles. The Labute approximate surface area is 117 Å². The molecule has 0 unspecified atom stereocenters. The fourth-order valence-corrected chi connectivity index (χ4v) is 2.06. The zero-order chi connectivity index (χ0) is 13.8. The first-order chi connectivity index (χ1) is 9.85. The number of pyridine rings is 2. The van der Waals surface area contributed by atoms with Crippen LogP contribution in [0.5, 0.6) is 5.88 Å². The van der Waals surface area contributed by atoms with Crippen molar-refractivity contribution in [2.75, 3.05) is 6.61 Å². The van der Waals surface area contributed by atoms with Crippen LogP contribution in [0.25, 0.3) is 11.2 Å². The Bertz CT molecular complexity index is 693. The summed E-state index contributed by atoms with van der Waals surface area (Å²) in [6, 6.07) is 9.74.